The van der Waals surface area contributed by atoms with Gasteiger partial charge in [0.05, 0.1) is 10.5 Å². The van der Waals surface area contributed by atoms with Gasteiger partial charge in [0.2, 0.25) is 10.0 Å². The quantitative estimate of drug-likeness (QED) is 0.832. The highest BCUT2D eigenvalue weighted by molar-refractivity contribution is 7.89. The first kappa shape index (κ1) is 11.7. The molecule has 1 aromatic carbocycles. The Bertz CT molecular complexity index is 620. The molecule has 0 saturated carbocycles. The predicted octanol–water partition coefficient (Wildman–Crippen LogP) is 0.293. The largest absolute Gasteiger partial charge is 0.311 e. The van der Waals surface area contributed by atoms with Gasteiger partial charge in [-0.2, -0.15) is 9.57 Å². The van der Waals surface area contributed by atoms with E-state index in [1.165, 1.54) is 10.4 Å². The Morgan fingerprint density at radius 3 is 2.78 bits per heavy atom. The van der Waals surface area contributed by atoms with Crippen molar-refractivity contribution in [2.45, 2.75) is 23.4 Å². The van der Waals surface area contributed by atoms with E-state index >= 15 is 0 Å². The van der Waals surface area contributed by atoms with Crippen molar-refractivity contribution in [1.29, 1.82) is 5.26 Å². The molecule has 1 aromatic rings. The zero-order chi connectivity index (χ0) is 12.8. The van der Waals surface area contributed by atoms with Gasteiger partial charge in [-0.1, -0.05) is 12.1 Å². The van der Waals surface area contributed by atoms with Gasteiger partial charge in [0, 0.05) is 25.2 Å². The Morgan fingerprint density at radius 1 is 1.39 bits per heavy atom. The molecule has 0 amide bonds. The number of nitriles is 1. The molecule has 0 spiro atoms. The lowest BCUT2D eigenvalue weighted by Crippen LogP contribution is -2.46. The zero-order valence-electron chi connectivity index (χ0n) is 9.70. The summed E-state index contributed by atoms with van der Waals surface area (Å²) in [7, 11) is -3.54. The molecule has 0 radical (unpaired) electrons. The predicted molar refractivity (Wildman–Crippen MR) is 65.2 cm³/mol. The number of nitrogens with one attached hydrogen (secondary N) is 1. The molecule has 2 fully saturated rings. The Morgan fingerprint density at radius 2 is 2.17 bits per heavy atom. The van der Waals surface area contributed by atoms with Crippen LogP contribution in [0.3, 0.4) is 0 Å². The van der Waals surface area contributed by atoms with E-state index in [0.717, 1.165) is 6.42 Å². The molecule has 2 aliphatic heterocycles. The number of nitrogens with zero attached hydrogens (tertiary/aromatic N) is 2. The number of benzene rings is 1. The van der Waals surface area contributed by atoms with E-state index in [4.69, 9.17) is 5.26 Å². The van der Waals surface area contributed by atoms with Crippen LogP contribution in [0.4, 0.5) is 0 Å². The maximum atomic E-state index is 12.6. The zero-order valence-corrected chi connectivity index (χ0v) is 10.5. The molecule has 0 aromatic heterocycles. The van der Waals surface area contributed by atoms with Crippen molar-refractivity contribution < 1.29 is 8.42 Å². The van der Waals surface area contributed by atoms with Crippen LogP contribution in [0.25, 0.3) is 0 Å². The molecule has 0 aliphatic carbocycles. The van der Waals surface area contributed by atoms with Crippen molar-refractivity contribution in [3.8, 4) is 6.07 Å². The van der Waals surface area contributed by atoms with Crippen LogP contribution in [0.2, 0.25) is 0 Å². The van der Waals surface area contributed by atoms with E-state index in [1.807, 2.05) is 6.07 Å². The molecule has 2 bridgehead atoms. The monoisotopic (exact) mass is 263 g/mol. The van der Waals surface area contributed by atoms with Gasteiger partial charge in [-0.25, -0.2) is 8.42 Å². The standard InChI is InChI=1S/C12H13N3O2S/c13-6-9-3-1-2-4-12(9)18(16,17)15-8-10-5-11(15)7-14-10/h1-4,10-11,14H,5,7-8H2. The fourth-order valence-corrected chi connectivity index (χ4v) is 4.55. The first-order valence-electron chi connectivity index (χ1n) is 5.87. The lowest BCUT2D eigenvalue weighted by atomic mass is 10.2. The van der Waals surface area contributed by atoms with E-state index in [2.05, 4.69) is 5.32 Å². The van der Waals surface area contributed by atoms with Gasteiger partial charge >= 0.3 is 0 Å². The molecule has 2 atom stereocenters. The lowest BCUT2D eigenvalue weighted by Gasteiger charge is -2.26. The number of hydrogen-bond acceptors (Lipinski definition) is 4. The van der Waals surface area contributed by atoms with Crippen LogP contribution < -0.4 is 5.32 Å². The summed E-state index contributed by atoms with van der Waals surface area (Å²) >= 11 is 0. The van der Waals surface area contributed by atoms with E-state index in [-0.39, 0.29) is 22.5 Å². The van der Waals surface area contributed by atoms with Crippen LogP contribution in [0, 0.1) is 11.3 Å². The summed E-state index contributed by atoms with van der Waals surface area (Å²) in [5, 5.41) is 12.3. The normalized spacial score (nSPS) is 27.3. The van der Waals surface area contributed by atoms with Crippen LogP contribution in [-0.4, -0.2) is 37.9 Å². The molecule has 5 nitrogen and oxygen atoms in total. The second-order valence-electron chi connectivity index (χ2n) is 4.68. The minimum atomic E-state index is -3.54. The van der Waals surface area contributed by atoms with Crippen molar-refractivity contribution in [3.05, 3.63) is 29.8 Å². The van der Waals surface area contributed by atoms with Crippen molar-refractivity contribution in [2.75, 3.05) is 13.1 Å². The van der Waals surface area contributed by atoms with Gasteiger partial charge in [0.15, 0.2) is 0 Å². The van der Waals surface area contributed by atoms with Crippen LogP contribution >= 0.6 is 0 Å². The number of hydrogen-bond donors (Lipinski definition) is 1. The van der Waals surface area contributed by atoms with Gasteiger partial charge in [0.1, 0.15) is 6.07 Å². The molecule has 2 heterocycles. The van der Waals surface area contributed by atoms with Crippen molar-refractivity contribution in [2.24, 2.45) is 0 Å². The van der Waals surface area contributed by atoms with Crippen LogP contribution in [0.5, 0.6) is 0 Å². The first-order chi connectivity index (χ1) is 8.63. The van der Waals surface area contributed by atoms with Gasteiger partial charge < -0.3 is 5.32 Å². The van der Waals surface area contributed by atoms with E-state index in [0.29, 0.717) is 13.1 Å². The third-order valence-electron chi connectivity index (χ3n) is 3.60. The Balaban J connectivity index is 2.03. The van der Waals surface area contributed by atoms with Crippen LogP contribution in [0.1, 0.15) is 12.0 Å². The van der Waals surface area contributed by atoms with E-state index in [9.17, 15) is 8.42 Å². The fourth-order valence-electron chi connectivity index (χ4n) is 2.73. The smallest absolute Gasteiger partial charge is 0.244 e. The first-order valence-corrected chi connectivity index (χ1v) is 7.31. The summed E-state index contributed by atoms with van der Waals surface area (Å²) in [5.41, 5.74) is 0.216. The molecule has 2 unspecified atom stereocenters. The Kier molecular flexibility index (Phi) is 2.63. The highest BCUT2D eigenvalue weighted by Crippen LogP contribution is 2.30. The maximum absolute atomic E-state index is 12.6. The third-order valence-corrected chi connectivity index (χ3v) is 5.58. The minimum Gasteiger partial charge on any atom is -0.311 e. The maximum Gasteiger partial charge on any atom is 0.244 e. The van der Waals surface area contributed by atoms with Crippen LogP contribution in [0.15, 0.2) is 29.2 Å². The highest BCUT2D eigenvalue weighted by atomic mass is 32.2. The molecule has 2 aliphatic rings. The highest BCUT2D eigenvalue weighted by Gasteiger charge is 2.44. The Hall–Kier alpha value is -1.42. The van der Waals surface area contributed by atoms with Crippen LogP contribution in [-0.2, 0) is 10.0 Å². The summed E-state index contributed by atoms with van der Waals surface area (Å²) in [6, 6.07) is 8.62. The minimum absolute atomic E-state index is 0.0340. The molecule has 3 rings (SSSR count). The molecule has 6 heteroatoms. The van der Waals surface area contributed by atoms with Crippen molar-refractivity contribution in [3.63, 3.8) is 0 Å². The molecule has 18 heavy (non-hydrogen) atoms. The van der Waals surface area contributed by atoms with Gasteiger partial charge in [-0.05, 0) is 18.6 Å². The second kappa shape index (κ2) is 4.05. The Labute approximate surface area is 106 Å². The number of piperazine rings is 1. The average Bonchev–Trinajstić information content (AvgIpc) is 3.01. The second-order valence-corrected chi connectivity index (χ2v) is 6.54. The number of fused-ring (bicyclic) bond motifs is 2. The summed E-state index contributed by atoms with van der Waals surface area (Å²) in [6.45, 7) is 1.21. The summed E-state index contributed by atoms with van der Waals surface area (Å²) in [4.78, 5) is 0.125. The average molecular weight is 263 g/mol. The fraction of sp³-hybridized carbons (Fsp3) is 0.417. The molecule has 1 N–H and O–H groups in total. The number of rotatable bonds is 2. The van der Waals surface area contributed by atoms with Crippen molar-refractivity contribution in [1.82, 2.24) is 9.62 Å². The molecular weight excluding hydrogens is 250 g/mol. The van der Waals surface area contributed by atoms with Gasteiger partial charge in [-0.15, -0.1) is 0 Å². The summed E-state index contributed by atoms with van der Waals surface area (Å²) in [5.74, 6) is 0. The molecular formula is C12H13N3O2S. The van der Waals surface area contributed by atoms with Gasteiger partial charge in [-0.3, -0.25) is 0 Å². The van der Waals surface area contributed by atoms with Gasteiger partial charge in [0.25, 0.3) is 0 Å². The molecule has 94 valence electrons. The van der Waals surface area contributed by atoms with E-state index in [1.54, 1.807) is 18.2 Å². The number of sulfonamides is 1. The van der Waals surface area contributed by atoms with E-state index < -0.39 is 10.0 Å². The summed E-state index contributed by atoms with van der Waals surface area (Å²) in [6.07, 6.45) is 0.869. The SMILES string of the molecule is N#Cc1ccccc1S(=O)(=O)N1CC2CC1CN2. The van der Waals surface area contributed by atoms with Crippen molar-refractivity contribution >= 4 is 10.0 Å². The molecule has 2 saturated heterocycles. The third kappa shape index (κ3) is 1.63. The topological polar surface area (TPSA) is 73.2 Å². The lowest BCUT2D eigenvalue weighted by molar-refractivity contribution is 0.348. The summed E-state index contributed by atoms with van der Waals surface area (Å²) < 4.78 is 26.6.